The summed E-state index contributed by atoms with van der Waals surface area (Å²) in [5.41, 5.74) is 4.65. The standard InChI is InChI=1S/C27H15ClFNO3/c28-16-7-5-15(6-8-16)23-12-19(22-14-33-24-4-2-1-3-18(24)27(22)31)21-13-32-25-10-9-17(29)11-20(25)26(21)30-23/h1-12,14H,13H2. The van der Waals surface area contributed by atoms with Crippen molar-refractivity contribution < 1.29 is 13.5 Å². The van der Waals surface area contributed by atoms with Crippen molar-refractivity contribution in [3.05, 3.63) is 106 Å². The predicted molar refractivity (Wildman–Crippen MR) is 126 cm³/mol. The first-order valence-electron chi connectivity index (χ1n) is 10.3. The minimum Gasteiger partial charge on any atom is -0.488 e. The Labute approximate surface area is 192 Å². The molecule has 6 heteroatoms. The number of rotatable bonds is 2. The molecule has 3 aromatic carbocycles. The molecule has 0 fully saturated rings. The van der Waals surface area contributed by atoms with Gasteiger partial charge in [-0.1, -0.05) is 35.9 Å². The molecule has 0 bridgehead atoms. The second-order valence-corrected chi connectivity index (χ2v) is 8.23. The summed E-state index contributed by atoms with van der Waals surface area (Å²) in [4.78, 5) is 18.3. The molecule has 0 amide bonds. The molecule has 0 spiro atoms. The molecule has 0 unspecified atom stereocenters. The van der Waals surface area contributed by atoms with E-state index in [1.54, 1.807) is 36.4 Å². The summed E-state index contributed by atoms with van der Waals surface area (Å²) < 4.78 is 25.8. The number of hydrogen-bond acceptors (Lipinski definition) is 4. The van der Waals surface area contributed by atoms with Crippen LogP contribution in [-0.2, 0) is 6.61 Å². The molecule has 160 valence electrons. The smallest absolute Gasteiger partial charge is 0.200 e. The normalized spacial score (nSPS) is 12.2. The summed E-state index contributed by atoms with van der Waals surface area (Å²) in [5.74, 6) is 0.150. The van der Waals surface area contributed by atoms with E-state index in [0.29, 0.717) is 55.4 Å². The van der Waals surface area contributed by atoms with E-state index in [1.807, 2.05) is 24.3 Å². The minimum atomic E-state index is -0.393. The third-order valence-corrected chi connectivity index (χ3v) is 6.06. The highest BCUT2D eigenvalue weighted by molar-refractivity contribution is 6.30. The number of para-hydroxylation sites is 1. The van der Waals surface area contributed by atoms with Crippen molar-refractivity contribution in [3.63, 3.8) is 0 Å². The maximum absolute atomic E-state index is 14.2. The number of fused-ring (bicyclic) bond motifs is 4. The third-order valence-electron chi connectivity index (χ3n) is 5.80. The van der Waals surface area contributed by atoms with Gasteiger partial charge in [-0.25, -0.2) is 9.37 Å². The van der Waals surface area contributed by atoms with Crippen LogP contribution in [0.15, 0.2) is 88.3 Å². The van der Waals surface area contributed by atoms with Crippen molar-refractivity contribution >= 4 is 22.6 Å². The third kappa shape index (κ3) is 3.29. The zero-order valence-electron chi connectivity index (χ0n) is 17.1. The molecule has 1 aliphatic rings. The quantitative estimate of drug-likeness (QED) is 0.291. The predicted octanol–water partition coefficient (Wildman–Crippen LogP) is 6.87. The number of aromatic nitrogens is 1. The van der Waals surface area contributed by atoms with Crippen molar-refractivity contribution in [2.45, 2.75) is 6.61 Å². The maximum atomic E-state index is 14.2. The number of benzene rings is 3. The van der Waals surface area contributed by atoms with Gasteiger partial charge in [0, 0.05) is 21.7 Å². The van der Waals surface area contributed by atoms with E-state index in [-0.39, 0.29) is 12.0 Å². The van der Waals surface area contributed by atoms with Gasteiger partial charge in [0.25, 0.3) is 0 Å². The van der Waals surface area contributed by atoms with Crippen molar-refractivity contribution in [2.75, 3.05) is 0 Å². The Balaban J connectivity index is 1.67. The first-order valence-corrected chi connectivity index (χ1v) is 10.7. The van der Waals surface area contributed by atoms with Crippen LogP contribution in [0.1, 0.15) is 5.56 Å². The van der Waals surface area contributed by atoms with E-state index in [2.05, 4.69) is 0 Å². The average molecular weight is 456 g/mol. The zero-order valence-corrected chi connectivity index (χ0v) is 17.9. The fourth-order valence-corrected chi connectivity index (χ4v) is 4.30. The molecule has 0 saturated carbocycles. The lowest BCUT2D eigenvalue weighted by molar-refractivity contribution is 0.301. The molecule has 0 saturated heterocycles. The summed E-state index contributed by atoms with van der Waals surface area (Å²) in [7, 11) is 0. The van der Waals surface area contributed by atoms with Crippen LogP contribution >= 0.6 is 11.6 Å². The van der Waals surface area contributed by atoms with Gasteiger partial charge in [-0.2, -0.15) is 0 Å². The van der Waals surface area contributed by atoms with Crippen LogP contribution in [0.5, 0.6) is 5.75 Å². The van der Waals surface area contributed by atoms with Gasteiger partial charge >= 0.3 is 0 Å². The molecule has 5 aromatic rings. The van der Waals surface area contributed by atoms with E-state index in [0.717, 1.165) is 5.56 Å². The first-order chi connectivity index (χ1) is 16.1. The molecule has 2 aromatic heterocycles. The van der Waals surface area contributed by atoms with Crippen LogP contribution in [0.4, 0.5) is 4.39 Å². The number of ether oxygens (including phenoxy) is 1. The first kappa shape index (κ1) is 19.7. The van der Waals surface area contributed by atoms with Gasteiger partial charge in [-0.05, 0) is 54.1 Å². The van der Waals surface area contributed by atoms with Crippen LogP contribution < -0.4 is 10.2 Å². The van der Waals surface area contributed by atoms with Gasteiger partial charge in [0.1, 0.15) is 30.0 Å². The van der Waals surface area contributed by atoms with Crippen molar-refractivity contribution in [1.82, 2.24) is 4.98 Å². The fourth-order valence-electron chi connectivity index (χ4n) is 4.18. The van der Waals surface area contributed by atoms with Gasteiger partial charge in [0.2, 0.25) is 5.43 Å². The molecule has 0 aliphatic carbocycles. The van der Waals surface area contributed by atoms with E-state index in [9.17, 15) is 9.18 Å². The van der Waals surface area contributed by atoms with Gasteiger partial charge in [0.05, 0.1) is 22.3 Å². The van der Waals surface area contributed by atoms with Crippen molar-refractivity contribution in [3.8, 4) is 39.4 Å². The molecule has 1 aliphatic heterocycles. The summed E-state index contributed by atoms with van der Waals surface area (Å²) in [6.45, 7) is 0.198. The van der Waals surface area contributed by atoms with Crippen molar-refractivity contribution in [1.29, 1.82) is 0 Å². The van der Waals surface area contributed by atoms with E-state index in [1.165, 1.54) is 18.4 Å². The molecule has 3 heterocycles. The van der Waals surface area contributed by atoms with Crippen LogP contribution in [0.25, 0.3) is 44.6 Å². The summed E-state index contributed by atoms with van der Waals surface area (Å²) in [6, 6.07) is 20.6. The number of hydrogen-bond donors (Lipinski definition) is 0. The minimum absolute atomic E-state index is 0.155. The highest BCUT2D eigenvalue weighted by Crippen LogP contribution is 2.42. The number of nitrogens with zero attached hydrogens (tertiary/aromatic N) is 1. The van der Waals surface area contributed by atoms with Crippen LogP contribution in [0.2, 0.25) is 5.02 Å². The lowest BCUT2D eigenvalue weighted by Gasteiger charge is -2.23. The SMILES string of the molecule is O=c1c(-c2cc(-c3ccc(Cl)cc3)nc3c2COc2ccc(F)cc2-3)coc2ccccc12. The van der Waals surface area contributed by atoms with E-state index in [4.69, 9.17) is 25.7 Å². The molecule has 4 nitrogen and oxygen atoms in total. The lowest BCUT2D eigenvalue weighted by atomic mass is 9.92. The average Bonchev–Trinajstić information content (AvgIpc) is 2.84. The molecule has 0 N–H and O–H groups in total. The van der Waals surface area contributed by atoms with Gasteiger partial charge in [-0.15, -0.1) is 0 Å². The van der Waals surface area contributed by atoms with Gasteiger partial charge < -0.3 is 9.15 Å². The second-order valence-electron chi connectivity index (χ2n) is 7.79. The molecular formula is C27H15ClFNO3. The second kappa shape index (κ2) is 7.57. The Morgan fingerprint density at radius 3 is 2.58 bits per heavy atom. The highest BCUT2D eigenvalue weighted by atomic mass is 35.5. The number of halogens is 2. The molecule has 33 heavy (non-hydrogen) atoms. The fraction of sp³-hybridized carbons (Fsp3) is 0.0370. The van der Waals surface area contributed by atoms with Crippen LogP contribution in [0.3, 0.4) is 0 Å². The lowest BCUT2D eigenvalue weighted by Crippen LogP contribution is -2.13. The van der Waals surface area contributed by atoms with Gasteiger partial charge in [-0.3, -0.25) is 4.79 Å². The maximum Gasteiger partial charge on any atom is 0.200 e. The van der Waals surface area contributed by atoms with E-state index >= 15 is 0 Å². The van der Waals surface area contributed by atoms with Crippen LogP contribution in [0, 0.1) is 5.82 Å². The zero-order chi connectivity index (χ0) is 22.5. The summed E-state index contributed by atoms with van der Waals surface area (Å²) in [6.07, 6.45) is 1.47. The topological polar surface area (TPSA) is 52.3 Å². The molecule has 6 rings (SSSR count). The number of pyridine rings is 1. The Bertz CT molecular complexity index is 1610. The monoisotopic (exact) mass is 455 g/mol. The molecular weight excluding hydrogens is 441 g/mol. The molecule has 0 radical (unpaired) electrons. The van der Waals surface area contributed by atoms with E-state index < -0.39 is 5.82 Å². The highest BCUT2D eigenvalue weighted by Gasteiger charge is 2.25. The largest absolute Gasteiger partial charge is 0.488 e. The van der Waals surface area contributed by atoms with Gasteiger partial charge in [0.15, 0.2) is 0 Å². The summed E-state index contributed by atoms with van der Waals surface area (Å²) in [5, 5.41) is 1.09. The van der Waals surface area contributed by atoms with Crippen molar-refractivity contribution in [2.24, 2.45) is 0 Å². The Morgan fingerprint density at radius 1 is 0.909 bits per heavy atom. The Kier molecular flexibility index (Phi) is 4.52. The summed E-state index contributed by atoms with van der Waals surface area (Å²) >= 11 is 6.07. The van der Waals surface area contributed by atoms with Crippen LogP contribution in [-0.4, -0.2) is 4.98 Å². The molecule has 0 atom stereocenters. The Morgan fingerprint density at radius 2 is 1.73 bits per heavy atom. The Hall–Kier alpha value is -3.96.